The molecule has 1 aliphatic heterocycles. The molecule has 1 saturated heterocycles. The smallest absolute Gasteiger partial charge is 0.408 e. The fraction of sp³-hybridized carbons (Fsp3) is 0.500. The summed E-state index contributed by atoms with van der Waals surface area (Å²) in [6.45, 7) is 7.86. The van der Waals surface area contributed by atoms with Crippen molar-refractivity contribution in [2.24, 2.45) is 0 Å². The molecule has 2 heterocycles. The van der Waals surface area contributed by atoms with Crippen LogP contribution in [0.15, 0.2) is 27.4 Å². The van der Waals surface area contributed by atoms with Crippen molar-refractivity contribution in [3.05, 3.63) is 28.7 Å². The molecular formula is C14H19N3O2. The Morgan fingerprint density at radius 2 is 2.00 bits per heavy atom. The van der Waals surface area contributed by atoms with Crippen molar-refractivity contribution in [1.29, 1.82) is 0 Å². The van der Waals surface area contributed by atoms with E-state index in [2.05, 4.69) is 16.3 Å². The fourth-order valence-electron chi connectivity index (χ4n) is 2.70. The number of nitrogens with one attached hydrogen (secondary N) is 1. The Bertz CT molecular complexity index is 636. The Kier molecular flexibility index (Phi) is 3.06. The van der Waals surface area contributed by atoms with Crippen LogP contribution in [0.5, 0.6) is 0 Å². The number of para-hydroxylation sites is 1. The second-order valence-electron chi connectivity index (χ2n) is 5.19. The molecule has 1 fully saturated rings. The third-order valence-electron chi connectivity index (χ3n) is 3.59. The Balaban J connectivity index is 2.20. The lowest BCUT2D eigenvalue weighted by atomic mass is 10.2. The average molecular weight is 261 g/mol. The van der Waals surface area contributed by atoms with Gasteiger partial charge in [-0.1, -0.05) is 6.07 Å². The van der Waals surface area contributed by atoms with E-state index in [0.29, 0.717) is 5.58 Å². The average Bonchev–Trinajstić information content (AvgIpc) is 2.75. The van der Waals surface area contributed by atoms with E-state index in [9.17, 15) is 4.79 Å². The van der Waals surface area contributed by atoms with Crippen LogP contribution in [0.25, 0.3) is 11.1 Å². The van der Waals surface area contributed by atoms with E-state index in [-0.39, 0.29) is 11.8 Å². The molecule has 1 aliphatic rings. The summed E-state index contributed by atoms with van der Waals surface area (Å²) in [7, 11) is 0. The van der Waals surface area contributed by atoms with Gasteiger partial charge in [0.2, 0.25) is 0 Å². The molecule has 0 aliphatic carbocycles. The lowest BCUT2D eigenvalue weighted by molar-refractivity contribution is 0.478. The third kappa shape index (κ3) is 2.04. The van der Waals surface area contributed by atoms with Crippen molar-refractivity contribution in [3.63, 3.8) is 0 Å². The number of anilines is 1. The normalized spacial score (nSPS) is 16.5. The molecule has 5 heteroatoms. The molecule has 0 saturated carbocycles. The largest absolute Gasteiger partial charge is 0.420 e. The summed E-state index contributed by atoms with van der Waals surface area (Å²) >= 11 is 0. The first-order valence-electron chi connectivity index (χ1n) is 6.78. The molecule has 3 rings (SSSR count). The van der Waals surface area contributed by atoms with Gasteiger partial charge in [0.25, 0.3) is 0 Å². The van der Waals surface area contributed by atoms with Crippen LogP contribution in [0.3, 0.4) is 0 Å². The highest BCUT2D eigenvalue weighted by molar-refractivity contribution is 5.88. The fourth-order valence-corrected chi connectivity index (χ4v) is 2.70. The van der Waals surface area contributed by atoms with Gasteiger partial charge in [-0.2, -0.15) is 0 Å². The molecule has 1 N–H and O–H groups in total. The number of piperazine rings is 1. The van der Waals surface area contributed by atoms with Gasteiger partial charge in [-0.15, -0.1) is 0 Å². The second-order valence-corrected chi connectivity index (χ2v) is 5.19. The van der Waals surface area contributed by atoms with E-state index in [0.717, 1.165) is 37.4 Å². The molecule has 0 amide bonds. The van der Waals surface area contributed by atoms with Crippen LogP contribution in [0.1, 0.15) is 19.9 Å². The van der Waals surface area contributed by atoms with Crippen molar-refractivity contribution in [1.82, 2.24) is 9.88 Å². The summed E-state index contributed by atoms with van der Waals surface area (Å²) in [5.74, 6) is -0.271. The summed E-state index contributed by atoms with van der Waals surface area (Å²) in [6.07, 6.45) is 0. The van der Waals surface area contributed by atoms with Gasteiger partial charge in [0.1, 0.15) is 5.52 Å². The van der Waals surface area contributed by atoms with Crippen molar-refractivity contribution in [3.8, 4) is 0 Å². The SMILES string of the molecule is CC(C)n1c(=O)oc2cccc(N3CCNCC3)c21. The van der Waals surface area contributed by atoms with E-state index in [1.165, 1.54) is 0 Å². The monoisotopic (exact) mass is 261 g/mol. The van der Waals surface area contributed by atoms with E-state index in [4.69, 9.17) is 4.42 Å². The number of nitrogens with zero attached hydrogens (tertiary/aromatic N) is 2. The number of rotatable bonds is 2. The maximum absolute atomic E-state index is 12.0. The molecule has 1 aromatic carbocycles. The van der Waals surface area contributed by atoms with Gasteiger partial charge in [0.05, 0.1) is 5.69 Å². The van der Waals surface area contributed by atoms with Crippen molar-refractivity contribution < 1.29 is 4.42 Å². The Morgan fingerprint density at radius 1 is 1.26 bits per heavy atom. The molecule has 0 unspecified atom stereocenters. The summed E-state index contributed by atoms with van der Waals surface area (Å²) < 4.78 is 7.10. The van der Waals surface area contributed by atoms with E-state index in [1.54, 1.807) is 4.57 Å². The minimum atomic E-state index is -0.271. The maximum atomic E-state index is 12.0. The summed E-state index contributed by atoms with van der Waals surface area (Å²) in [5.41, 5.74) is 2.69. The van der Waals surface area contributed by atoms with Crippen LogP contribution >= 0.6 is 0 Å². The van der Waals surface area contributed by atoms with E-state index < -0.39 is 0 Å². The number of aromatic nitrogens is 1. The minimum Gasteiger partial charge on any atom is -0.408 e. The molecule has 0 bridgehead atoms. The van der Waals surface area contributed by atoms with Crippen molar-refractivity contribution >= 4 is 16.8 Å². The highest BCUT2D eigenvalue weighted by Crippen LogP contribution is 2.28. The van der Waals surface area contributed by atoms with Gasteiger partial charge >= 0.3 is 5.76 Å². The third-order valence-corrected chi connectivity index (χ3v) is 3.59. The van der Waals surface area contributed by atoms with Gasteiger partial charge in [-0.05, 0) is 26.0 Å². The molecule has 19 heavy (non-hydrogen) atoms. The number of benzene rings is 1. The molecule has 1 aromatic heterocycles. The predicted octanol–water partition coefficient (Wildman–Crippen LogP) is 1.58. The van der Waals surface area contributed by atoms with Crippen LogP contribution in [0.4, 0.5) is 5.69 Å². The zero-order valence-corrected chi connectivity index (χ0v) is 11.3. The predicted molar refractivity (Wildman–Crippen MR) is 75.9 cm³/mol. The Morgan fingerprint density at radius 3 is 2.68 bits per heavy atom. The van der Waals surface area contributed by atoms with Gasteiger partial charge < -0.3 is 14.6 Å². The first kappa shape index (κ1) is 12.3. The van der Waals surface area contributed by atoms with Gasteiger partial charge in [0, 0.05) is 32.2 Å². The van der Waals surface area contributed by atoms with E-state index in [1.807, 2.05) is 26.0 Å². The van der Waals surface area contributed by atoms with E-state index >= 15 is 0 Å². The van der Waals surface area contributed by atoms with Crippen LogP contribution in [0.2, 0.25) is 0 Å². The summed E-state index contributed by atoms with van der Waals surface area (Å²) in [6, 6.07) is 5.98. The minimum absolute atomic E-state index is 0.0952. The number of hydrogen-bond acceptors (Lipinski definition) is 4. The molecule has 5 nitrogen and oxygen atoms in total. The van der Waals surface area contributed by atoms with Crippen LogP contribution in [0, 0.1) is 0 Å². The van der Waals surface area contributed by atoms with Crippen LogP contribution in [-0.4, -0.2) is 30.7 Å². The summed E-state index contributed by atoms with van der Waals surface area (Å²) in [4.78, 5) is 14.3. The van der Waals surface area contributed by atoms with Crippen LogP contribution in [-0.2, 0) is 0 Å². The van der Waals surface area contributed by atoms with Crippen LogP contribution < -0.4 is 16.0 Å². The van der Waals surface area contributed by atoms with Gasteiger partial charge in [-0.25, -0.2) is 4.79 Å². The zero-order chi connectivity index (χ0) is 13.4. The number of fused-ring (bicyclic) bond motifs is 1. The topological polar surface area (TPSA) is 50.4 Å². The lowest BCUT2D eigenvalue weighted by Crippen LogP contribution is -2.43. The lowest BCUT2D eigenvalue weighted by Gasteiger charge is -2.30. The Hall–Kier alpha value is -1.75. The molecular weight excluding hydrogens is 242 g/mol. The maximum Gasteiger partial charge on any atom is 0.420 e. The van der Waals surface area contributed by atoms with Crippen molar-refractivity contribution in [2.75, 3.05) is 31.1 Å². The van der Waals surface area contributed by atoms with Crippen molar-refractivity contribution in [2.45, 2.75) is 19.9 Å². The molecule has 2 aromatic rings. The molecule has 0 radical (unpaired) electrons. The first-order chi connectivity index (χ1) is 9.18. The quantitative estimate of drug-likeness (QED) is 0.892. The highest BCUT2D eigenvalue weighted by atomic mass is 16.4. The zero-order valence-electron chi connectivity index (χ0n) is 11.3. The van der Waals surface area contributed by atoms with Gasteiger partial charge in [-0.3, -0.25) is 4.57 Å². The molecule has 102 valence electrons. The first-order valence-corrected chi connectivity index (χ1v) is 6.78. The number of oxazole rings is 1. The molecule has 0 atom stereocenters. The molecule has 0 spiro atoms. The Labute approximate surface area is 111 Å². The second kappa shape index (κ2) is 4.74. The number of hydrogen-bond donors (Lipinski definition) is 1. The summed E-state index contributed by atoms with van der Waals surface area (Å²) in [5, 5.41) is 3.34. The standard InChI is InChI=1S/C14H19N3O2/c1-10(2)17-13-11(16-8-6-15-7-9-16)4-3-5-12(13)19-14(17)18/h3-5,10,15H,6-9H2,1-2H3. The highest BCUT2D eigenvalue weighted by Gasteiger charge is 2.19. The van der Waals surface area contributed by atoms with Gasteiger partial charge in [0.15, 0.2) is 5.58 Å².